The standard InChI is InChI=1S/C20H33N5O6/c26-16-21-11-7-3-1-4-8-12-22-18(28)15-31-20(30)24-14-10-6-2-5-9-13-23-19(29)25-17-27/h1-15H2,(H,22,28)(H,23,29)(H,24,30). The van der Waals surface area contributed by atoms with Crippen molar-refractivity contribution in [2.24, 2.45) is 9.98 Å². The first-order valence-electron chi connectivity index (χ1n) is 10.7. The molecule has 0 heterocycles. The summed E-state index contributed by atoms with van der Waals surface area (Å²) in [5.41, 5.74) is 0. The number of isocyanates is 2. The van der Waals surface area contributed by atoms with Crippen LogP contribution in [0.5, 0.6) is 0 Å². The van der Waals surface area contributed by atoms with Gasteiger partial charge < -0.3 is 20.7 Å². The highest BCUT2D eigenvalue weighted by Gasteiger charge is 2.06. The Hall–Kier alpha value is -3.03. The lowest BCUT2D eigenvalue weighted by atomic mass is 10.1. The van der Waals surface area contributed by atoms with Crippen molar-refractivity contribution in [3.05, 3.63) is 0 Å². The van der Waals surface area contributed by atoms with Gasteiger partial charge in [0.05, 0.1) is 6.54 Å². The van der Waals surface area contributed by atoms with Crippen molar-refractivity contribution in [2.45, 2.75) is 64.2 Å². The fourth-order valence-electron chi connectivity index (χ4n) is 2.60. The first-order chi connectivity index (χ1) is 15.1. The van der Waals surface area contributed by atoms with Gasteiger partial charge in [-0.15, -0.1) is 4.99 Å². The molecule has 0 fully saturated rings. The summed E-state index contributed by atoms with van der Waals surface area (Å²) in [5.74, 6) is -0.332. The maximum Gasteiger partial charge on any atom is 0.407 e. The Bertz CT molecular complexity index is 615. The Morgan fingerprint density at radius 1 is 0.677 bits per heavy atom. The number of hydrogen-bond acceptors (Lipinski definition) is 7. The molecule has 0 aliphatic carbocycles. The first-order valence-corrected chi connectivity index (χ1v) is 10.7. The average molecular weight is 440 g/mol. The third-order valence-corrected chi connectivity index (χ3v) is 4.21. The van der Waals surface area contributed by atoms with E-state index in [1.165, 1.54) is 12.2 Å². The van der Waals surface area contributed by atoms with Crippen LogP contribution in [-0.2, 0) is 19.1 Å². The number of alkyl carbamates (subject to hydrolysis) is 1. The Morgan fingerprint density at radius 3 is 1.84 bits per heavy atom. The highest BCUT2D eigenvalue weighted by molar-refractivity contribution is 5.80. The van der Waals surface area contributed by atoms with E-state index in [0.717, 1.165) is 64.2 Å². The van der Waals surface area contributed by atoms with Gasteiger partial charge >= 0.3 is 12.1 Å². The van der Waals surface area contributed by atoms with E-state index < -0.39 is 12.1 Å². The van der Waals surface area contributed by atoms with Crippen molar-refractivity contribution in [1.82, 2.24) is 16.0 Å². The molecule has 0 aliphatic rings. The summed E-state index contributed by atoms with van der Waals surface area (Å²) in [6.45, 7) is 1.65. The average Bonchev–Trinajstić information content (AvgIpc) is 2.75. The molecule has 0 aromatic carbocycles. The van der Waals surface area contributed by atoms with E-state index in [1.807, 2.05) is 0 Å². The van der Waals surface area contributed by atoms with E-state index in [9.17, 15) is 24.0 Å². The maximum absolute atomic E-state index is 11.6. The summed E-state index contributed by atoms with van der Waals surface area (Å²) in [4.78, 5) is 60.2. The predicted molar refractivity (Wildman–Crippen MR) is 113 cm³/mol. The van der Waals surface area contributed by atoms with E-state index in [-0.39, 0.29) is 12.5 Å². The fraction of sp³-hybridized carbons (Fsp3) is 0.750. The van der Waals surface area contributed by atoms with Gasteiger partial charge in [-0.2, -0.15) is 0 Å². The molecule has 0 aromatic heterocycles. The second kappa shape index (κ2) is 21.7. The summed E-state index contributed by atoms with van der Waals surface area (Å²) < 4.78 is 4.86. The number of carbonyl (C=O) groups is 3. The number of aliphatic imine (C=N–C) groups is 2. The number of amides is 4. The van der Waals surface area contributed by atoms with Crippen molar-refractivity contribution in [3.63, 3.8) is 0 Å². The second-order valence-electron chi connectivity index (χ2n) is 6.80. The number of ether oxygens (including phenoxy) is 1. The Balaban J connectivity index is 3.41. The molecule has 0 saturated carbocycles. The molecule has 0 rings (SSSR count). The van der Waals surface area contributed by atoms with Gasteiger partial charge in [-0.25, -0.2) is 24.2 Å². The Labute approximate surface area is 182 Å². The molecule has 0 radical (unpaired) electrons. The summed E-state index contributed by atoms with van der Waals surface area (Å²) in [7, 11) is 0. The van der Waals surface area contributed by atoms with Crippen LogP contribution in [0.4, 0.5) is 9.59 Å². The molecule has 0 saturated heterocycles. The van der Waals surface area contributed by atoms with Gasteiger partial charge in [-0.3, -0.25) is 4.79 Å². The number of carbonyl (C=O) groups excluding carboxylic acids is 5. The predicted octanol–water partition coefficient (Wildman–Crippen LogP) is 2.11. The fourth-order valence-corrected chi connectivity index (χ4v) is 2.60. The van der Waals surface area contributed by atoms with Crippen LogP contribution in [0.2, 0.25) is 0 Å². The van der Waals surface area contributed by atoms with Crippen LogP contribution in [0.25, 0.3) is 0 Å². The molecular formula is C20H33N5O6. The maximum atomic E-state index is 11.6. The molecule has 31 heavy (non-hydrogen) atoms. The highest BCUT2D eigenvalue weighted by atomic mass is 16.6. The zero-order valence-electron chi connectivity index (χ0n) is 18.0. The van der Waals surface area contributed by atoms with Gasteiger partial charge in [0.15, 0.2) is 6.61 Å². The molecule has 0 atom stereocenters. The van der Waals surface area contributed by atoms with Crippen LogP contribution >= 0.6 is 0 Å². The van der Waals surface area contributed by atoms with Gasteiger partial charge in [0.25, 0.3) is 5.91 Å². The molecule has 4 amide bonds. The van der Waals surface area contributed by atoms with Crippen molar-refractivity contribution in [3.8, 4) is 0 Å². The van der Waals surface area contributed by atoms with Crippen molar-refractivity contribution in [1.29, 1.82) is 0 Å². The Morgan fingerprint density at radius 2 is 1.23 bits per heavy atom. The molecular weight excluding hydrogens is 406 g/mol. The first kappa shape index (κ1) is 28.0. The second-order valence-corrected chi connectivity index (χ2v) is 6.80. The number of nitrogens with one attached hydrogen (secondary N) is 3. The zero-order valence-corrected chi connectivity index (χ0v) is 18.0. The zero-order chi connectivity index (χ0) is 23.0. The number of nitrogens with zero attached hydrogens (tertiary/aromatic N) is 2. The Kier molecular flexibility index (Phi) is 19.6. The van der Waals surface area contributed by atoms with Gasteiger partial charge in [-0.1, -0.05) is 38.5 Å². The lowest BCUT2D eigenvalue weighted by Crippen LogP contribution is -2.33. The van der Waals surface area contributed by atoms with Crippen LogP contribution < -0.4 is 16.0 Å². The van der Waals surface area contributed by atoms with Crippen LogP contribution in [-0.4, -0.2) is 63.0 Å². The third kappa shape index (κ3) is 21.5. The summed E-state index contributed by atoms with van der Waals surface area (Å²) in [6, 6.07) is -0.680. The third-order valence-electron chi connectivity index (χ3n) is 4.21. The van der Waals surface area contributed by atoms with Crippen molar-refractivity contribution in [2.75, 3.05) is 32.8 Å². The molecule has 0 unspecified atom stereocenters. The van der Waals surface area contributed by atoms with Crippen LogP contribution in [0.3, 0.4) is 0 Å². The molecule has 0 spiro atoms. The number of unbranched alkanes of at least 4 members (excludes halogenated alkanes) is 8. The van der Waals surface area contributed by atoms with E-state index in [1.54, 1.807) is 0 Å². The molecule has 3 N–H and O–H groups in total. The van der Waals surface area contributed by atoms with E-state index in [2.05, 4.69) is 25.9 Å². The number of rotatable bonds is 18. The van der Waals surface area contributed by atoms with Gasteiger partial charge in [0, 0.05) is 19.6 Å². The number of urea groups is 1. The van der Waals surface area contributed by atoms with Gasteiger partial charge in [0.2, 0.25) is 12.2 Å². The van der Waals surface area contributed by atoms with E-state index >= 15 is 0 Å². The van der Waals surface area contributed by atoms with Crippen LogP contribution in [0, 0.1) is 0 Å². The molecule has 0 aliphatic heterocycles. The lowest BCUT2D eigenvalue weighted by Gasteiger charge is -2.08. The monoisotopic (exact) mass is 439 g/mol. The van der Waals surface area contributed by atoms with Gasteiger partial charge in [-0.05, 0) is 25.7 Å². The van der Waals surface area contributed by atoms with E-state index in [4.69, 9.17) is 4.74 Å². The topological polar surface area (TPSA) is 155 Å². The molecule has 11 heteroatoms. The molecule has 0 bridgehead atoms. The van der Waals surface area contributed by atoms with Crippen LogP contribution in [0.1, 0.15) is 64.2 Å². The SMILES string of the molecule is O=C=NCCCCCCCNC(=O)COC(=O)NCCCCCCCNC(=O)N=C=O. The summed E-state index contributed by atoms with van der Waals surface area (Å²) in [6.07, 6.45) is 11.1. The molecule has 11 nitrogen and oxygen atoms in total. The van der Waals surface area contributed by atoms with Crippen molar-refractivity contribution < 1.29 is 28.7 Å². The minimum atomic E-state index is -0.680. The normalized spacial score (nSPS) is 9.68. The minimum Gasteiger partial charge on any atom is -0.439 e. The van der Waals surface area contributed by atoms with E-state index in [0.29, 0.717) is 26.2 Å². The molecule has 174 valence electrons. The minimum absolute atomic E-state index is 0.310. The largest absolute Gasteiger partial charge is 0.439 e. The quantitative estimate of drug-likeness (QED) is 0.169. The molecule has 0 aromatic rings. The lowest BCUT2D eigenvalue weighted by molar-refractivity contribution is -0.123. The summed E-state index contributed by atoms with van der Waals surface area (Å²) >= 11 is 0. The summed E-state index contributed by atoms with van der Waals surface area (Å²) in [5, 5.41) is 7.76. The highest BCUT2D eigenvalue weighted by Crippen LogP contribution is 2.03. The smallest absolute Gasteiger partial charge is 0.407 e. The number of hydrogen-bond donors (Lipinski definition) is 3. The van der Waals surface area contributed by atoms with Crippen LogP contribution in [0.15, 0.2) is 9.98 Å². The van der Waals surface area contributed by atoms with Crippen molar-refractivity contribution >= 4 is 30.2 Å². The van der Waals surface area contributed by atoms with Gasteiger partial charge in [0.1, 0.15) is 0 Å².